The highest BCUT2D eigenvalue weighted by Crippen LogP contribution is 2.28. The van der Waals surface area contributed by atoms with Crippen LogP contribution in [0.3, 0.4) is 0 Å². The molecule has 0 saturated heterocycles. The summed E-state index contributed by atoms with van der Waals surface area (Å²) in [5.74, 6) is 1.70. The molecule has 3 rings (SSSR count). The van der Waals surface area contributed by atoms with E-state index in [1.807, 2.05) is 68.5 Å². The van der Waals surface area contributed by atoms with Gasteiger partial charge in [-0.15, -0.1) is 6.58 Å². The van der Waals surface area contributed by atoms with Crippen LogP contribution in [0.15, 0.2) is 85.5 Å². The fourth-order valence-electron chi connectivity index (χ4n) is 3.41. The van der Waals surface area contributed by atoms with Gasteiger partial charge in [0.25, 0.3) is 0 Å². The standard InChI is InChI=1S/C27H29FO2/c1-4-22(23-14-16-25(17-15-23)29-20(2)3)10-8-9-21-13-18-26(28)27(19-21)30-24-11-6-5-7-12-24/h4-7,11-20,22H,1,8-10H2,2-3H3. The summed E-state index contributed by atoms with van der Waals surface area (Å²) in [7, 11) is 0. The summed E-state index contributed by atoms with van der Waals surface area (Å²) in [6.07, 6.45) is 4.95. The molecule has 0 amide bonds. The molecule has 1 unspecified atom stereocenters. The molecular weight excluding hydrogens is 375 g/mol. The Morgan fingerprint density at radius 2 is 1.67 bits per heavy atom. The molecule has 0 aliphatic carbocycles. The van der Waals surface area contributed by atoms with Crippen LogP contribution in [0.1, 0.15) is 43.7 Å². The molecule has 3 heteroatoms. The van der Waals surface area contributed by atoms with Crippen LogP contribution in [0.25, 0.3) is 0 Å². The first kappa shape index (κ1) is 21.6. The van der Waals surface area contributed by atoms with E-state index in [1.54, 1.807) is 6.07 Å². The van der Waals surface area contributed by atoms with Gasteiger partial charge in [-0.25, -0.2) is 4.39 Å². The van der Waals surface area contributed by atoms with Gasteiger partial charge in [-0.1, -0.05) is 42.5 Å². The van der Waals surface area contributed by atoms with Gasteiger partial charge in [0.1, 0.15) is 11.5 Å². The van der Waals surface area contributed by atoms with Crippen molar-refractivity contribution in [2.24, 2.45) is 0 Å². The van der Waals surface area contributed by atoms with E-state index < -0.39 is 0 Å². The molecule has 0 spiro atoms. The molecule has 1 atom stereocenters. The summed E-state index contributed by atoms with van der Waals surface area (Å²) in [5, 5.41) is 0. The Balaban J connectivity index is 1.58. The fourth-order valence-corrected chi connectivity index (χ4v) is 3.41. The van der Waals surface area contributed by atoms with Gasteiger partial charge in [-0.05, 0) is 80.6 Å². The zero-order valence-electron chi connectivity index (χ0n) is 17.7. The zero-order valence-corrected chi connectivity index (χ0v) is 17.7. The number of halogens is 1. The highest BCUT2D eigenvalue weighted by Gasteiger charge is 2.10. The van der Waals surface area contributed by atoms with Crippen molar-refractivity contribution in [1.82, 2.24) is 0 Å². The average molecular weight is 405 g/mol. The molecule has 0 aromatic heterocycles. The van der Waals surface area contributed by atoms with Crippen molar-refractivity contribution in [2.75, 3.05) is 0 Å². The molecule has 0 N–H and O–H groups in total. The Labute approximate surface area is 179 Å². The Morgan fingerprint density at radius 3 is 2.33 bits per heavy atom. The maximum atomic E-state index is 14.1. The minimum absolute atomic E-state index is 0.164. The first-order valence-electron chi connectivity index (χ1n) is 10.5. The first-order chi connectivity index (χ1) is 14.5. The molecule has 156 valence electrons. The Hall–Kier alpha value is -3.07. The summed E-state index contributed by atoms with van der Waals surface area (Å²) in [6.45, 7) is 8.05. The van der Waals surface area contributed by atoms with E-state index in [9.17, 15) is 4.39 Å². The van der Waals surface area contributed by atoms with E-state index in [-0.39, 0.29) is 23.6 Å². The molecule has 3 aromatic carbocycles. The lowest BCUT2D eigenvalue weighted by Gasteiger charge is -2.15. The molecule has 0 heterocycles. The van der Waals surface area contributed by atoms with Crippen LogP contribution in [0, 0.1) is 5.82 Å². The lowest BCUT2D eigenvalue weighted by Crippen LogP contribution is -2.05. The first-order valence-corrected chi connectivity index (χ1v) is 10.5. The minimum Gasteiger partial charge on any atom is -0.491 e. The molecule has 2 nitrogen and oxygen atoms in total. The maximum absolute atomic E-state index is 14.1. The smallest absolute Gasteiger partial charge is 0.165 e. The number of benzene rings is 3. The van der Waals surface area contributed by atoms with Gasteiger partial charge in [-0.3, -0.25) is 0 Å². The van der Waals surface area contributed by atoms with E-state index >= 15 is 0 Å². The number of allylic oxidation sites excluding steroid dienone is 1. The quantitative estimate of drug-likeness (QED) is 0.322. The van der Waals surface area contributed by atoms with Crippen molar-refractivity contribution in [1.29, 1.82) is 0 Å². The highest BCUT2D eigenvalue weighted by atomic mass is 19.1. The fraction of sp³-hybridized carbons (Fsp3) is 0.259. The third kappa shape index (κ3) is 6.21. The van der Waals surface area contributed by atoms with Gasteiger partial charge in [0.2, 0.25) is 0 Å². The lowest BCUT2D eigenvalue weighted by molar-refractivity contribution is 0.242. The Bertz CT molecular complexity index is 933. The molecule has 30 heavy (non-hydrogen) atoms. The van der Waals surface area contributed by atoms with E-state index in [0.717, 1.165) is 30.6 Å². The van der Waals surface area contributed by atoms with E-state index in [0.29, 0.717) is 5.75 Å². The van der Waals surface area contributed by atoms with Crippen molar-refractivity contribution in [3.8, 4) is 17.2 Å². The summed E-state index contributed by atoms with van der Waals surface area (Å²) in [4.78, 5) is 0. The molecule has 0 fully saturated rings. The van der Waals surface area contributed by atoms with Crippen LogP contribution in [0.4, 0.5) is 4.39 Å². The third-order valence-corrected chi connectivity index (χ3v) is 4.91. The third-order valence-electron chi connectivity index (χ3n) is 4.91. The van der Waals surface area contributed by atoms with E-state index in [4.69, 9.17) is 9.47 Å². The minimum atomic E-state index is -0.352. The van der Waals surface area contributed by atoms with Gasteiger partial charge in [0.05, 0.1) is 6.10 Å². The summed E-state index contributed by atoms with van der Waals surface area (Å²) < 4.78 is 25.6. The van der Waals surface area contributed by atoms with Crippen LogP contribution >= 0.6 is 0 Å². The molecule has 0 radical (unpaired) electrons. The number of hydrogen-bond donors (Lipinski definition) is 0. The summed E-state index contributed by atoms with van der Waals surface area (Å²) >= 11 is 0. The predicted molar refractivity (Wildman–Crippen MR) is 121 cm³/mol. The molecule has 0 saturated carbocycles. The van der Waals surface area contributed by atoms with Crippen molar-refractivity contribution >= 4 is 0 Å². The number of para-hydroxylation sites is 1. The van der Waals surface area contributed by atoms with E-state index in [1.165, 1.54) is 11.6 Å². The van der Waals surface area contributed by atoms with Gasteiger partial charge in [-0.2, -0.15) is 0 Å². The number of aryl methyl sites for hydroxylation is 1. The summed E-state index contributed by atoms with van der Waals surface area (Å²) in [5.41, 5.74) is 2.29. The second kappa shape index (κ2) is 10.6. The van der Waals surface area contributed by atoms with Crippen LogP contribution in [0.5, 0.6) is 17.2 Å². The topological polar surface area (TPSA) is 18.5 Å². The van der Waals surface area contributed by atoms with Gasteiger partial charge >= 0.3 is 0 Å². The van der Waals surface area contributed by atoms with Gasteiger partial charge in [0.15, 0.2) is 11.6 Å². The average Bonchev–Trinajstić information content (AvgIpc) is 2.74. The SMILES string of the molecule is C=CC(CCCc1ccc(F)c(Oc2ccccc2)c1)c1ccc(OC(C)C)cc1. The van der Waals surface area contributed by atoms with Crippen LogP contribution in [0.2, 0.25) is 0 Å². The molecular formula is C27H29FO2. The second-order valence-corrected chi connectivity index (χ2v) is 7.65. The predicted octanol–water partition coefficient (Wildman–Crippen LogP) is 7.70. The summed E-state index contributed by atoms with van der Waals surface area (Å²) in [6, 6.07) is 22.6. The Kier molecular flexibility index (Phi) is 7.67. The number of rotatable bonds is 10. The number of ether oxygens (including phenoxy) is 2. The van der Waals surface area contributed by atoms with Crippen LogP contribution in [-0.4, -0.2) is 6.10 Å². The molecule has 0 aliphatic rings. The lowest BCUT2D eigenvalue weighted by atomic mass is 9.92. The van der Waals surface area contributed by atoms with Crippen molar-refractivity contribution < 1.29 is 13.9 Å². The largest absolute Gasteiger partial charge is 0.491 e. The second-order valence-electron chi connectivity index (χ2n) is 7.65. The van der Waals surface area contributed by atoms with Crippen molar-refractivity contribution in [3.63, 3.8) is 0 Å². The van der Waals surface area contributed by atoms with Crippen LogP contribution in [-0.2, 0) is 6.42 Å². The van der Waals surface area contributed by atoms with E-state index in [2.05, 4.69) is 18.7 Å². The van der Waals surface area contributed by atoms with Gasteiger partial charge < -0.3 is 9.47 Å². The molecule has 0 bridgehead atoms. The monoisotopic (exact) mass is 404 g/mol. The normalized spacial score (nSPS) is 11.9. The van der Waals surface area contributed by atoms with Crippen LogP contribution < -0.4 is 9.47 Å². The molecule has 3 aromatic rings. The molecule has 0 aliphatic heterocycles. The maximum Gasteiger partial charge on any atom is 0.165 e. The zero-order chi connectivity index (χ0) is 21.3. The van der Waals surface area contributed by atoms with Gasteiger partial charge in [0, 0.05) is 5.92 Å². The number of hydrogen-bond acceptors (Lipinski definition) is 2. The van der Waals surface area contributed by atoms with Crippen molar-refractivity contribution in [2.45, 2.75) is 45.1 Å². The Morgan fingerprint density at radius 1 is 0.933 bits per heavy atom. The van der Waals surface area contributed by atoms with Crippen molar-refractivity contribution in [3.05, 3.63) is 102 Å². The highest BCUT2D eigenvalue weighted by molar-refractivity contribution is 5.35.